The number of hydrogen-bond acceptors (Lipinski definition) is 13. The highest BCUT2D eigenvalue weighted by molar-refractivity contribution is 5.93. The molecule has 36 heavy (non-hydrogen) atoms. The van der Waals surface area contributed by atoms with Gasteiger partial charge >= 0.3 is 0 Å². The molecule has 0 bridgehead atoms. The molecule has 2 aromatic carbocycles. The van der Waals surface area contributed by atoms with E-state index in [1.54, 1.807) is 0 Å². The standard InChI is InChI=1S/C23H24O13/c1-32-10-4-3-8(5-9(10)25)21-19(30)17(28)14-11(33-2)6-12(16(27)22(14)36-21)34-23-20(31)18(29)15(26)13(7-24)35-23/h3-6,13,15,18,20,23-27,29-31H,7H2,1-2H3. The highest BCUT2D eigenvalue weighted by Gasteiger charge is 2.45. The van der Waals surface area contributed by atoms with Gasteiger partial charge in [-0.2, -0.15) is 0 Å². The van der Waals surface area contributed by atoms with Crippen LogP contribution < -0.4 is 19.6 Å². The Morgan fingerprint density at radius 2 is 1.58 bits per heavy atom. The number of fused-ring (bicyclic) bond motifs is 1. The number of methoxy groups -OCH3 is 2. The highest BCUT2D eigenvalue weighted by Crippen LogP contribution is 2.44. The van der Waals surface area contributed by atoms with E-state index in [2.05, 4.69) is 0 Å². The lowest BCUT2D eigenvalue weighted by Gasteiger charge is -2.39. The lowest BCUT2D eigenvalue weighted by atomic mass is 9.99. The number of phenols is 2. The van der Waals surface area contributed by atoms with Gasteiger partial charge in [0.25, 0.3) is 0 Å². The Morgan fingerprint density at radius 3 is 2.19 bits per heavy atom. The molecule has 1 aliphatic heterocycles. The number of hydrogen-bond donors (Lipinski definition) is 7. The van der Waals surface area contributed by atoms with Crippen LogP contribution in [0.4, 0.5) is 0 Å². The van der Waals surface area contributed by atoms with Gasteiger partial charge in [-0.15, -0.1) is 0 Å². The van der Waals surface area contributed by atoms with Crippen LogP contribution in [0.15, 0.2) is 33.5 Å². The van der Waals surface area contributed by atoms with E-state index in [0.29, 0.717) is 0 Å². The van der Waals surface area contributed by atoms with E-state index in [1.165, 1.54) is 32.4 Å². The van der Waals surface area contributed by atoms with Crippen molar-refractivity contribution in [2.45, 2.75) is 30.7 Å². The van der Waals surface area contributed by atoms with Crippen molar-refractivity contribution in [3.8, 4) is 45.8 Å². The molecule has 1 saturated heterocycles. The summed E-state index contributed by atoms with van der Waals surface area (Å²) in [4.78, 5) is 13.0. The van der Waals surface area contributed by atoms with Crippen molar-refractivity contribution in [2.75, 3.05) is 20.8 Å². The fraction of sp³-hybridized carbons (Fsp3) is 0.348. The summed E-state index contributed by atoms with van der Waals surface area (Å²) >= 11 is 0. The molecule has 0 spiro atoms. The van der Waals surface area contributed by atoms with Crippen LogP contribution in [0.2, 0.25) is 0 Å². The Kier molecular flexibility index (Phi) is 6.84. The number of phenolic OH excluding ortho intramolecular Hbond substituents is 2. The molecule has 13 nitrogen and oxygen atoms in total. The highest BCUT2D eigenvalue weighted by atomic mass is 16.7. The summed E-state index contributed by atoms with van der Waals surface area (Å²) in [6, 6.07) is 5.00. The van der Waals surface area contributed by atoms with Crippen LogP contribution in [0.1, 0.15) is 0 Å². The smallest absolute Gasteiger partial charge is 0.238 e. The quantitative estimate of drug-likeness (QED) is 0.230. The van der Waals surface area contributed by atoms with Crippen molar-refractivity contribution in [2.24, 2.45) is 0 Å². The van der Waals surface area contributed by atoms with Crippen LogP contribution in [-0.2, 0) is 4.74 Å². The monoisotopic (exact) mass is 508 g/mol. The summed E-state index contributed by atoms with van der Waals surface area (Å²) < 4.78 is 26.6. The first-order chi connectivity index (χ1) is 17.1. The second kappa shape index (κ2) is 9.72. The minimum atomic E-state index is -1.78. The maximum Gasteiger partial charge on any atom is 0.238 e. The van der Waals surface area contributed by atoms with Crippen LogP contribution in [-0.4, -0.2) is 87.3 Å². The molecule has 0 radical (unpaired) electrons. The topological polar surface area (TPSA) is 209 Å². The molecule has 7 N–H and O–H groups in total. The molecule has 3 aromatic rings. The SMILES string of the molecule is COc1ccc(-c2oc3c(O)c(OC4OC(CO)C(O)C(O)C4O)cc(OC)c3c(=O)c2O)cc1O. The van der Waals surface area contributed by atoms with Gasteiger partial charge in [-0.05, 0) is 18.2 Å². The summed E-state index contributed by atoms with van der Waals surface area (Å²) in [5.74, 6) is -2.75. The molecule has 194 valence electrons. The zero-order valence-electron chi connectivity index (χ0n) is 19.0. The Hall–Kier alpha value is -3.75. The second-order valence-corrected chi connectivity index (χ2v) is 7.94. The maximum absolute atomic E-state index is 13.0. The molecular formula is C23H24O13. The number of rotatable bonds is 6. The molecule has 4 rings (SSSR count). The van der Waals surface area contributed by atoms with Gasteiger partial charge in [0.1, 0.15) is 35.6 Å². The summed E-state index contributed by atoms with van der Waals surface area (Å²) in [7, 11) is 2.54. The van der Waals surface area contributed by atoms with Crippen molar-refractivity contribution in [1.82, 2.24) is 0 Å². The van der Waals surface area contributed by atoms with Crippen LogP contribution in [0, 0.1) is 0 Å². The summed E-state index contributed by atoms with van der Waals surface area (Å²) in [5, 5.41) is 70.8. The van der Waals surface area contributed by atoms with Gasteiger partial charge < -0.3 is 59.1 Å². The molecular weight excluding hydrogens is 484 g/mol. The summed E-state index contributed by atoms with van der Waals surface area (Å²) in [6.45, 7) is -0.704. The number of aromatic hydroxyl groups is 3. The van der Waals surface area contributed by atoms with Gasteiger partial charge in [-0.1, -0.05) is 0 Å². The Balaban J connectivity index is 1.85. The average Bonchev–Trinajstić information content (AvgIpc) is 2.87. The number of aliphatic hydroxyl groups excluding tert-OH is 4. The predicted molar refractivity (Wildman–Crippen MR) is 120 cm³/mol. The molecule has 5 unspecified atom stereocenters. The summed E-state index contributed by atoms with van der Waals surface area (Å²) in [5.41, 5.74) is -1.36. The van der Waals surface area contributed by atoms with E-state index >= 15 is 0 Å². The molecule has 1 aliphatic rings. The number of ether oxygens (including phenoxy) is 4. The lowest BCUT2D eigenvalue weighted by molar-refractivity contribution is -0.277. The van der Waals surface area contributed by atoms with E-state index < -0.39 is 71.3 Å². The van der Waals surface area contributed by atoms with Crippen molar-refractivity contribution in [3.05, 3.63) is 34.5 Å². The van der Waals surface area contributed by atoms with Gasteiger partial charge in [-0.25, -0.2) is 0 Å². The third-order valence-electron chi connectivity index (χ3n) is 5.80. The third kappa shape index (κ3) is 4.12. The fourth-order valence-corrected chi connectivity index (χ4v) is 3.86. The Morgan fingerprint density at radius 1 is 0.889 bits per heavy atom. The first kappa shape index (κ1) is 25.3. The van der Waals surface area contributed by atoms with Crippen LogP contribution in [0.5, 0.6) is 34.5 Å². The van der Waals surface area contributed by atoms with E-state index in [-0.39, 0.29) is 28.2 Å². The average molecular weight is 508 g/mol. The van der Waals surface area contributed by atoms with Gasteiger partial charge in [-0.3, -0.25) is 4.79 Å². The van der Waals surface area contributed by atoms with Gasteiger partial charge in [0.2, 0.25) is 23.2 Å². The molecule has 5 atom stereocenters. The van der Waals surface area contributed by atoms with Crippen molar-refractivity contribution in [1.29, 1.82) is 0 Å². The molecule has 0 aliphatic carbocycles. The van der Waals surface area contributed by atoms with Crippen LogP contribution in [0.3, 0.4) is 0 Å². The first-order valence-electron chi connectivity index (χ1n) is 10.6. The zero-order chi connectivity index (χ0) is 26.3. The molecule has 1 fully saturated rings. The van der Waals surface area contributed by atoms with E-state index in [9.17, 15) is 40.5 Å². The predicted octanol–water partition coefficient (Wildman–Crippen LogP) is -0.227. The van der Waals surface area contributed by atoms with E-state index in [0.717, 1.165) is 6.07 Å². The normalized spacial score (nSPS) is 24.0. The molecule has 13 heteroatoms. The minimum Gasteiger partial charge on any atom is -0.504 e. The number of aliphatic hydroxyl groups is 4. The van der Waals surface area contributed by atoms with Gasteiger partial charge in [0.15, 0.2) is 28.6 Å². The molecule has 1 aromatic heterocycles. The maximum atomic E-state index is 13.0. The molecule has 0 saturated carbocycles. The largest absolute Gasteiger partial charge is 0.504 e. The van der Waals surface area contributed by atoms with Gasteiger partial charge in [0, 0.05) is 11.6 Å². The minimum absolute atomic E-state index is 0.0726. The van der Waals surface area contributed by atoms with E-state index in [4.69, 9.17) is 23.4 Å². The second-order valence-electron chi connectivity index (χ2n) is 7.94. The van der Waals surface area contributed by atoms with Crippen molar-refractivity contribution in [3.63, 3.8) is 0 Å². The van der Waals surface area contributed by atoms with E-state index in [1.807, 2.05) is 0 Å². The third-order valence-corrected chi connectivity index (χ3v) is 5.80. The van der Waals surface area contributed by atoms with Crippen LogP contribution in [0.25, 0.3) is 22.3 Å². The molecule has 2 heterocycles. The van der Waals surface area contributed by atoms with Gasteiger partial charge in [0.05, 0.1) is 20.8 Å². The molecule has 0 amide bonds. The number of benzene rings is 2. The fourth-order valence-electron chi connectivity index (χ4n) is 3.86. The summed E-state index contributed by atoms with van der Waals surface area (Å²) in [6.07, 6.45) is -8.09. The Labute approximate surface area is 202 Å². The van der Waals surface area contributed by atoms with Crippen molar-refractivity contribution < 1.29 is 59.1 Å². The zero-order valence-corrected chi connectivity index (χ0v) is 19.0. The van der Waals surface area contributed by atoms with Crippen molar-refractivity contribution >= 4 is 11.0 Å². The Bertz CT molecular complexity index is 1330. The lowest BCUT2D eigenvalue weighted by Crippen LogP contribution is -2.60. The first-order valence-corrected chi connectivity index (χ1v) is 10.6. The van der Waals surface area contributed by atoms with Crippen LogP contribution >= 0.6 is 0 Å².